The van der Waals surface area contributed by atoms with Crippen molar-refractivity contribution in [2.24, 2.45) is 4.99 Å². The van der Waals surface area contributed by atoms with Crippen molar-refractivity contribution in [1.29, 1.82) is 0 Å². The maximum absolute atomic E-state index is 12.3. The van der Waals surface area contributed by atoms with Gasteiger partial charge in [0.15, 0.2) is 5.70 Å². The molecule has 0 amide bonds. The summed E-state index contributed by atoms with van der Waals surface area (Å²) in [5.41, 5.74) is 3.89. The van der Waals surface area contributed by atoms with Gasteiger partial charge in [0.25, 0.3) is 0 Å². The normalized spacial score (nSPS) is 14.6. The third kappa shape index (κ3) is 4.55. The molecule has 5 heteroatoms. The highest BCUT2D eigenvalue weighted by molar-refractivity contribution is 6.31. The Labute approximate surface area is 174 Å². The number of carbonyl (C=O) groups excluding carboxylic acids is 1. The van der Waals surface area contributed by atoms with Crippen LogP contribution in [0.4, 0.5) is 0 Å². The number of hydrogen-bond donors (Lipinski definition) is 0. The summed E-state index contributed by atoms with van der Waals surface area (Å²) in [5.74, 6) is 0.398. The Morgan fingerprint density at radius 2 is 1.83 bits per heavy atom. The molecule has 0 bridgehead atoms. The summed E-state index contributed by atoms with van der Waals surface area (Å²) in [4.78, 5) is 16.6. The van der Waals surface area contributed by atoms with Crippen LogP contribution in [0.3, 0.4) is 0 Å². The van der Waals surface area contributed by atoms with Gasteiger partial charge in [0.05, 0.1) is 0 Å². The molecule has 4 nitrogen and oxygen atoms in total. The standard InChI is InChI=1S/C24H18ClNO3/c1-16-9-11-17(12-10-16)15-28-22-8-3-2-5-18(22)14-21-24(27)29-23(26-21)19-6-4-7-20(25)13-19/h2-14H,15H2,1H3/b21-14-. The summed E-state index contributed by atoms with van der Waals surface area (Å²) in [5, 5.41) is 0.550. The molecule has 1 heterocycles. The first-order valence-corrected chi connectivity index (χ1v) is 9.52. The second-order valence-corrected chi connectivity index (χ2v) is 7.09. The third-order valence-electron chi connectivity index (χ3n) is 4.42. The molecule has 3 aromatic carbocycles. The molecule has 0 atom stereocenters. The average Bonchev–Trinajstić information content (AvgIpc) is 3.09. The second kappa shape index (κ2) is 8.33. The van der Waals surface area contributed by atoms with Crippen LogP contribution < -0.4 is 4.74 Å². The van der Waals surface area contributed by atoms with E-state index >= 15 is 0 Å². The highest BCUT2D eigenvalue weighted by Crippen LogP contribution is 2.26. The number of nitrogens with zero attached hydrogens (tertiary/aromatic N) is 1. The third-order valence-corrected chi connectivity index (χ3v) is 4.65. The first kappa shape index (κ1) is 19.0. The van der Waals surface area contributed by atoms with Crippen molar-refractivity contribution in [2.45, 2.75) is 13.5 Å². The van der Waals surface area contributed by atoms with Gasteiger partial charge >= 0.3 is 5.97 Å². The van der Waals surface area contributed by atoms with Crippen LogP contribution >= 0.6 is 11.6 Å². The van der Waals surface area contributed by atoms with E-state index in [0.29, 0.717) is 22.9 Å². The van der Waals surface area contributed by atoms with Crippen LogP contribution in [0.1, 0.15) is 22.3 Å². The van der Waals surface area contributed by atoms with Crippen LogP contribution in [-0.2, 0) is 16.1 Å². The van der Waals surface area contributed by atoms with Crippen LogP contribution in [-0.4, -0.2) is 11.9 Å². The summed E-state index contributed by atoms with van der Waals surface area (Å²) in [6, 6.07) is 22.7. The lowest BCUT2D eigenvalue weighted by Gasteiger charge is -2.09. The number of hydrogen-bond acceptors (Lipinski definition) is 4. The summed E-state index contributed by atoms with van der Waals surface area (Å²) >= 11 is 6.01. The first-order valence-electron chi connectivity index (χ1n) is 9.14. The minimum absolute atomic E-state index is 0.214. The van der Waals surface area contributed by atoms with E-state index in [1.165, 1.54) is 5.56 Å². The van der Waals surface area contributed by atoms with Crippen molar-refractivity contribution < 1.29 is 14.3 Å². The van der Waals surface area contributed by atoms with Gasteiger partial charge in [0, 0.05) is 16.1 Å². The van der Waals surface area contributed by atoms with E-state index < -0.39 is 5.97 Å². The Hall–Kier alpha value is -3.37. The zero-order chi connectivity index (χ0) is 20.2. The summed E-state index contributed by atoms with van der Waals surface area (Å²) < 4.78 is 11.3. The second-order valence-electron chi connectivity index (χ2n) is 6.66. The van der Waals surface area contributed by atoms with Gasteiger partial charge in [-0.15, -0.1) is 0 Å². The molecular formula is C24H18ClNO3. The van der Waals surface area contributed by atoms with Gasteiger partial charge in [-0.2, -0.15) is 0 Å². The molecule has 0 unspecified atom stereocenters. The number of benzene rings is 3. The van der Waals surface area contributed by atoms with Crippen molar-refractivity contribution in [1.82, 2.24) is 0 Å². The first-order chi connectivity index (χ1) is 14.1. The lowest BCUT2D eigenvalue weighted by Crippen LogP contribution is -2.05. The molecule has 0 saturated heterocycles. The number of para-hydroxylation sites is 1. The molecule has 4 rings (SSSR count). The number of cyclic esters (lactones) is 1. The maximum Gasteiger partial charge on any atom is 0.363 e. The zero-order valence-electron chi connectivity index (χ0n) is 15.8. The van der Waals surface area contributed by atoms with E-state index in [-0.39, 0.29) is 11.6 Å². The summed E-state index contributed by atoms with van der Waals surface area (Å²) in [6.45, 7) is 2.48. The maximum atomic E-state index is 12.3. The Balaban J connectivity index is 1.57. The molecule has 144 valence electrons. The van der Waals surface area contributed by atoms with E-state index in [4.69, 9.17) is 21.1 Å². The lowest BCUT2D eigenvalue weighted by molar-refractivity contribution is -0.129. The number of rotatable bonds is 5. The molecular weight excluding hydrogens is 386 g/mol. The minimum Gasteiger partial charge on any atom is -0.488 e. The molecule has 1 aliphatic heterocycles. The lowest BCUT2D eigenvalue weighted by atomic mass is 10.1. The SMILES string of the molecule is Cc1ccc(COc2ccccc2/C=C2\N=C(c3cccc(Cl)c3)OC2=O)cc1. The monoisotopic (exact) mass is 403 g/mol. The molecule has 0 spiro atoms. The number of halogens is 1. The molecule has 3 aromatic rings. The summed E-state index contributed by atoms with van der Waals surface area (Å²) in [7, 11) is 0. The number of esters is 1. The molecule has 0 N–H and O–H groups in total. The summed E-state index contributed by atoms with van der Waals surface area (Å²) in [6.07, 6.45) is 1.67. The van der Waals surface area contributed by atoms with Crippen LogP contribution in [0.25, 0.3) is 6.08 Å². The number of carbonyl (C=O) groups is 1. The van der Waals surface area contributed by atoms with Gasteiger partial charge in [-0.3, -0.25) is 0 Å². The van der Waals surface area contributed by atoms with Crippen LogP contribution in [0, 0.1) is 6.92 Å². The van der Waals surface area contributed by atoms with Crippen molar-refractivity contribution in [3.05, 3.63) is 106 Å². The highest BCUT2D eigenvalue weighted by Gasteiger charge is 2.24. The van der Waals surface area contributed by atoms with E-state index in [1.807, 2.05) is 55.5 Å². The van der Waals surface area contributed by atoms with E-state index in [1.54, 1.807) is 30.3 Å². The minimum atomic E-state index is -0.506. The van der Waals surface area contributed by atoms with Gasteiger partial charge in [0.2, 0.25) is 5.90 Å². The Kier molecular flexibility index (Phi) is 5.45. The number of aryl methyl sites for hydroxylation is 1. The Bertz CT molecular complexity index is 1120. The quantitative estimate of drug-likeness (QED) is 0.413. The number of ether oxygens (including phenoxy) is 2. The van der Waals surface area contributed by atoms with E-state index in [0.717, 1.165) is 11.1 Å². The largest absolute Gasteiger partial charge is 0.488 e. The predicted molar refractivity (Wildman–Crippen MR) is 114 cm³/mol. The molecule has 0 saturated carbocycles. The van der Waals surface area contributed by atoms with Crippen molar-refractivity contribution in [3.8, 4) is 5.75 Å². The van der Waals surface area contributed by atoms with Gasteiger partial charge in [-0.1, -0.05) is 65.7 Å². The average molecular weight is 404 g/mol. The van der Waals surface area contributed by atoms with Gasteiger partial charge in [-0.05, 0) is 42.8 Å². The topological polar surface area (TPSA) is 47.9 Å². The molecule has 29 heavy (non-hydrogen) atoms. The fraction of sp³-hybridized carbons (Fsp3) is 0.0833. The predicted octanol–water partition coefficient (Wildman–Crippen LogP) is 5.57. The molecule has 1 aliphatic rings. The van der Waals surface area contributed by atoms with Gasteiger partial charge < -0.3 is 9.47 Å². The van der Waals surface area contributed by atoms with Gasteiger partial charge in [0.1, 0.15) is 12.4 Å². The zero-order valence-corrected chi connectivity index (χ0v) is 16.5. The van der Waals surface area contributed by atoms with E-state index in [2.05, 4.69) is 4.99 Å². The molecule has 0 fully saturated rings. The van der Waals surface area contributed by atoms with Crippen molar-refractivity contribution in [2.75, 3.05) is 0 Å². The molecule has 0 aromatic heterocycles. The Morgan fingerprint density at radius 3 is 2.62 bits per heavy atom. The fourth-order valence-electron chi connectivity index (χ4n) is 2.88. The molecule has 0 aliphatic carbocycles. The van der Waals surface area contributed by atoms with Crippen molar-refractivity contribution in [3.63, 3.8) is 0 Å². The van der Waals surface area contributed by atoms with Crippen LogP contribution in [0.5, 0.6) is 5.75 Å². The van der Waals surface area contributed by atoms with Crippen LogP contribution in [0.2, 0.25) is 5.02 Å². The fourth-order valence-corrected chi connectivity index (χ4v) is 3.07. The van der Waals surface area contributed by atoms with E-state index in [9.17, 15) is 4.79 Å². The number of aliphatic imine (C=N–C) groups is 1. The van der Waals surface area contributed by atoms with Gasteiger partial charge in [-0.25, -0.2) is 9.79 Å². The highest BCUT2D eigenvalue weighted by atomic mass is 35.5. The molecule has 0 radical (unpaired) electrons. The smallest absolute Gasteiger partial charge is 0.363 e. The Morgan fingerprint density at radius 1 is 1.03 bits per heavy atom. The van der Waals surface area contributed by atoms with Crippen molar-refractivity contribution >= 4 is 29.5 Å². The van der Waals surface area contributed by atoms with Crippen LogP contribution in [0.15, 0.2) is 83.5 Å².